The van der Waals surface area contributed by atoms with Crippen LogP contribution < -0.4 is 0 Å². The molecule has 2 aromatic heterocycles. The minimum atomic E-state index is -5.08. The molecule has 0 aromatic carbocycles. The van der Waals surface area contributed by atoms with E-state index in [0.717, 1.165) is 58.2 Å². The summed E-state index contributed by atoms with van der Waals surface area (Å²) in [7, 11) is 1.84. The summed E-state index contributed by atoms with van der Waals surface area (Å²) in [6.07, 6.45) is -1.71. The molecular weight excluding hydrogens is 566 g/mol. The number of likely N-dealkylation sites (tertiary alicyclic amines) is 2. The zero-order valence-electron chi connectivity index (χ0n) is 22.6. The van der Waals surface area contributed by atoms with E-state index < -0.39 is 24.3 Å². The van der Waals surface area contributed by atoms with Crippen molar-refractivity contribution in [1.82, 2.24) is 19.6 Å². The number of carboxylic acid groups (broad SMARTS) is 2. The molecule has 2 N–H and O–H groups in total. The second-order valence-electron chi connectivity index (χ2n) is 9.85. The Bertz CT molecular complexity index is 1060. The van der Waals surface area contributed by atoms with Crippen LogP contribution in [0.4, 0.5) is 26.3 Å². The van der Waals surface area contributed by atoms with Crippen molar-refractivity contribution < 1.29 is 55.3 Å². The van der Waals surface area contributed by atoms with E-state index in [4.69, 9.17) is 29.0 Å². The summed E-state index contributed by atoms with van der Waals surface area (Å²) >= 11 is 0. The number of carbonyl (C=O) groups is 2. The summed E-state index contributed by atoms with van der Waals surface area (Å²) in [5, 5.41) is 18.7. The Morgan fingerprint density at radius 2 is 1.66 bits per heavy atom. The van der Waals surface area contributed by atoms with Crippen molar-refractivity contribution in [1.29, 1.82) is 0 Å². The molecule has 0 saturated carbocycles. The molecule has 0 amide bonds. The van der Waals surface area contributed by atoms with Gasteiger partial charge in [0.1, 0.15) is 5.76 Å². The van der Waals surface area contributed by atoms with E-state index in [1.165, 1.54) is 18.4 Å². The summed E-state index contributed by atoms with van der Waals surface area (Å²) in [5.41, 5.74) is 1.71. The average Bonchev–Trinajstić information content (AvgIpc) is 3.62. The smallest absolute Gasteiger partial charge is 0.475 e. The molecular formula is C25H34F6N4O6. The van der Waals surface area contributed by atoms with Crippen molar-refractivity contribution in [3.05, 3.63) is 42.1 Å². The van der Waals surface area contributed by atoms with Crippen molar-refractivity contribution in [2.24, 2.45) is 11.3 Å². The highest BCUT2D eigenvalue weighted by atomic mass is 19.4. The van der Waals surface area contributed by atoms with Gasteiger partial charge < -0.3 is 19.4 Å². The SMILES string of the molecule is CCn1cc(CN2CCC3(CC2)CN(Cc2ccco2)CC3COC)cn1.O=C(O)C(F)(F)F.O=C(O)C(F)(F)F. The van der Waals surface area contributed by atoms with Crippen molar-refractivity contribution >= 4 is 11.9 Å². The molecule has 10 nitrogen and oxygen atoms in total. The van der Waals surface area contributed by atoms with Crippen LogP contribution >= 0.6 is 0 Å². The third-order valence-corrected chi connectivity index (χ3v) is 6.96. The molecule has 1 atom stereocenters. The Morgan fingerprint density at radius 3 is 2.10 bits per heavy atom. The molecule has 2 aromatic rings. The quantitative estimate of drug-likeness (QED) is 0.452. The van der Waals surface area contributed by atoms with E-state index in [1.54, 1.807) is 6.26 Å². The monoisotopic (exact) mass is 600 g/mol. The van der Waals surface area contributed by atoms with Crippen molar-refractivity contribution in [3.8, 4) is 0 Å². The fraction of sp³-hybridized carbons (Fsp3) is 0.640. The first-order chi connectivity index (χ1) is 19.1. The molecule has 2 fully saturated rings. The highest BCUT2D eigenvalue weighted by molar-refractivity contribution is 5.73. The third kappa shape index (κ3) is 10.7. The largest absolute Gasteiger partial charge is 0.490 e. The van der Waals surface area contributed by atoms with Gasteiger partial charge in [0.05, 0.1) is 25.6 Å². The van der Waals surface area contributed by atoms with Gasteiger partial charge in [0.2, 0.25) is 0 Å². The highest BCUT2D eigenvalue weighted by Crippen LogP contribution is 2.45. The van der Waals surface area contributed by atoms with Crippen LogP contribution in [-0.2, 0) is 34.0 Å². The number of aliphatic carboxylic acids is 2. The molecule has 1 unspecified atom stereocenters. The Kier molecular flexibility index (Phi) is 12.2. The van der Waals surface area contributed by atoms with E-state index in [-0.39, 0.29) is 0 Å². The number of ether oxygens (including phenoxy) is 1. The van der Waals surface area contributed by atoms with E-state index in [0.29, 0.717) is 11.3 Å². The van der Waals surface area contributed by atoms with Crippen molar-refractivity contribution in [2.75, 3.05) is 39.9 Å². The Hall–Kier alpha value is -3.11. The van der Waals surface area contributed by atoms with Gasteiger partial charge in [-0.15, -0.1) is 0 Å². The second-order valence-corrected chi connectivity index (χ2v) is 9.85. The van der Waals surface area contributed by atoms with Crippen LogP contribution in [0.2, 0.25) is 0 Å². The summed E-state index contributed by atoms with van der Waals surface area (Å²) in [6.45, 7) is 10.4. The molecule has 0 radical (unpaired) electrons. The Balaban J connectivity index is 0.000000349. The van der Waals surface area contributed by atoms with E-state index in [9.17, 15) is 26.3 Å². The van der Waals surface area contributed by atoms with Crippen LogP contribution in [0, 0.1) is 11.3 Å². The Morgan fingerprint density at radius 1 is 1.07 bits per heavy atom. The van der Waals surface area contributed by atoms with E-state index >= 15 is 0 Å². The number of piperidine rings is 1. The van der Waals surface area contributed by atoms with Crippen molar-refractivity contribution in [2.45, 2.75) is 51.8 Å². The molecule has 1 spiro atoms. The number of furan rings is 1. The van der Waals surface area contributed by atoms with Crippen LogP contribution in [-0.4, -0.2) is 94.0 Å². The first kappa shape index (κ1) is 34.1. The van der Waals surface area contributed by atoms with Crippen molar-refractivity contribution in [3.63, 3.8) is 0 Å². The lowest BCUT2D eigenvalue weighted by atomic mass is 9.71. The molecule has 2 aliphatic heterocycles. The number of carboxylic acids is 2. The minimum absolute atomic E-state index is 0.382. The summed E-state index contributed by atoms with van der Waals surface area (Å²) in [5.74, 6) is -3.84. The van der Waals surface area contributed by atoms with Gasteiger partial charge in [-0.25, -0.2) is 9.59 Å². The van der Waals surface area contributed by atoms with Crippen LogP contribution in [0.15, 0.2) is 35.2 Å². The lowest BCUT2D eigenvalue weighted by molar-refractivity contribution is -0.193. The number of hydrogen-bond acceptors (Lipinski definition) is 7. The lowest BCUT2D eigenvalue weighted by Crippen LogP contribution is -2.44. The number of aryl methyl sites for hydroxylation is 1. The molecule has 16 heteroatoms. The number of halogens is 6. The minimum Gasteiger partial charge on any atom is -0.475 e. The number of aromatic nitrogens is 2. The predicted octanol–water partition coefficient (Wildman–Crippen LogP) is 4.12. The number of rotatable bonds is 7. The van der Waals surface area contributed by atoms with Crippen LogP contribution in [0.25, 0.3) is 0 Å². The van der Waals surface area contributed by atoms with Gasteiger partial charge in [-0.3, -0.25) is 14.5 Å². The lowest BCUT2D eigenvalue weighted by Gasteiger charge is -2.42. The molecule has 4 rings (SSSR count). The maximum Gasteiger partial charge on any atom is 0.490 e. The molecule has 2 saturated heterocycles. The molecule has 41 heavy (non-hydrogen) atoms. The molecule has 0 aliphatic carbocycles. The van der Waals surface area contributed by atoms with Gasteiger partial charge in [0.25, 0.3) is 0 Å². The summed E-state index contributed by atoms with van der Waals surface area (Å²) < 4.78 is 76.7. The zero-order valence-corrected chi connectivity index (χ0v) is 22.6. The standard InChI is InChI=1S/C21H32N4O2.2C2HF3O2/c1-3-25-13-18(11-22-25)12-23-8-6-21(7-9-23)17-24(14-19(21)16-26-2)15-20-5-4-10-27-20;2*3-2(4,5)1(6)7/h4-5,10-11,13,19H,3,6-9,12,14-17H2,1-2H3;2*(H,6,7). The van der Waals surface area contributed by atoms with Crippen LogP contribution in [0.5, 0.6) is 0 Å². The second kappa shape index (κ2) is 14.7. The van der Waals surface area contributed by atoms with Gasteiger partial charge in [-0.2, -0.15) is 31.4 Å². The normalized spacial score (nSPS) is 19.3. The Labute approximate surface area is 232 Å². The highest BCUT2D eigenvalue weighted by Gasteiger charge is 2.47. The molecule has 2 aliphatic rings. The number of methoxy groups -OCH3 is 1. The fourth-order valence-corrected chi connectivity index (χ4v) is 4.96. The fourth-order valence-electron chi connectivity index (χ4n) is 4.96. The van der Waals surface area contributed by atoms with Crippen LogP contribution in [0.1, 0.15) is 31.1 Å². The van der Waals surface area contributed by atoms with E-state index in [1.807, 2.05) is 24.1 Å². The zero-order chi connectivity index (χ0) is 30.8. The number of nitrogens with zero attached hydrogens (tertiary/aromatic N) is 4. The molecule has 4 heterocycles. The first-order valence-electron chi connectivity index (χ1n) is 12.7. The maximum atomic E-state index is 10.6. The summed E-state index contributed by atoms with van der Waals surface area (Å²) in [4.78, 5) is 22.9. The van der Waals surface area contributed by atoms with Gasteiger partial charge in [0, 0.05) is 51.0 Å². The molecule has 232 valence electrons. The average molecular weight is 601 g/mol. The molecule has 0 bridgehead atoms. The predicted molar refractivity (Wildman–Crippen MR) is 132 cm³/mol. The topological polar surface area (TPSA) is 121 Å². The maximum absolute atomic E-state index is 10.6. The van der Waals surface area contributed by atoms with Gasteiger partial charge >= 0.3 is 24.3 Å². The number of alkyl halides is 6. The van der Waals surface area contributed by atoms with Gasteiger partial charge in [-0.1, -0.05) is 0 Å². The van der Waals surface area contributed by atoms with Crippen LogP contribution in [0.3, 0.4) is 0 Å². The van der Waals surface area contributed by atoms with Gasteiger partial charge in [0.15, 0.2) is 0 Å². The first-order valence-corrected chi connectivity index (χ1v) is 12.7. The third-order valence-electron chi connectivity index (χ3n) is 6.96. The van der Waals surface area contributed by atoms with Gasteiger partial charge in [-0.05, 0) is 50.4 Å². The van der Waals surface area contributed by atoms with E-state index in [2.05, 4.69) is 34.1 Å². The number of hydrogen-bond donors (Lipinski definition) is 2. The summed E-state index contributed by atoms with van der Waals surface area (Å²) in [6, 6.07) is 4.06.